The predicted molar refractivity (Wildman–Crippen MR) is 72.2 cm³/mol. The number of Topliss-reactive ketones (excluding diaryl/α,β-unsaturated/α-hetero) is 1. The maximum atomic E-state index is 12.6. The lowest BCUT2D eigenvalue weighted by molar-refractivity contribution is -0.0702. The fourth-order valence-electron chi connectivity index (χ4n) is 3.19. The third kappa shape index (κ3) is 2.33. The van der Waals surface area contributed by atoms with Crippen molar-refractivity contribution in [2.24, 2.45) is 5.92 Å². The van der Waals surface area contributed by atoms with E-state index < -0.39 is 0 Å². The molecular formula is C15H17N3O2. The maximum Gasteiger partial charge on any atom is 0.166 e. The molecule has 104 valence electrons. The third-order valence-electron chi connectivity index (χ3n) is 4.42. The number of pyridine rings is 1. The van der Waals surface area contributed by atoms with Crippen molar-refractivity contribution in [3.63, 3.8) is 0 Å². The molecule has 0 spiro atoms. The van der Waals surface area contributed by atoms with Crippen molar-refractivity contribution in [3.8, 4) is 6.07 Å². The Hall–Kier alpha value is -1.77. The van der Waals surface area contributed by atoms with Gasteiger partial charge < -0.3 is 4.74 Å². The van der Waals surface area contributed by atoms with Crippen LogP contribution in [0.2, 0.25) is 0 Å². The topological polar surface area (TPSA) is 66.2 Å². The van der Waals surface area contributed by atoms with Crippen molar-refractivity contribution in [1.29, 1.82) is 5.26 Å². The smallest absolute Gasteiger partial charge is 0.166 e. The van der Waals surface area contributed by atoms with E-state index >= 15 is 0 Å². The molecule has 2 fully saturated rings. The summed E-state index contributed by atoms with van der Waals surface area (Å²) in [5.74, 6) is 0.160. The van der Waals surface area contributed by atoms with Crippen LogP contribution in [0, 0.1) is 17.2 Å². The number of aromatic nitrogens is 1. The summed E-state index contributed by atoms with van der Waals surface area (Å²) in [7, 11) is 2.11. The minimum atomic E-state index is 0.0269. The Morgan fingerprint density at radius 1 is 1.45 bits per heavy atom. The summed E-state index contributed by atoms with van der Waals surface area (Å²) >= 11 is 0. The van der Waals surface area contributed by atoms with Crippen LogP contribution >= 0.6 is 0 Å². The molecular weight excluding hydrogens is 254 g/mol. The van der Waals surface area contributed by atoms with Gasteiger partial charge in [0.15, 0.2) is 5.78 Å². The molecule has 20 heavy (non-hydrogen) atoms. The van der Waals surface area contributed by atoms with Gasteiger partial charge in [0.1, 0.15) is 11.8 Å². The van der Waals surface area contributed by atoms with E-state index in [2.05, 4.69) is 16.9 Å². The summed E-state index contributed by atoms with van der Waals surface area (Å²) in [5, 5.41) is 8.87. The zero-order valence-corrected chi connectivity index (χ0v) is 11.5. The number of fused-ring (bicyclic) bond motifs is 2. The fraction of sp³-hybridized carbons (Fsp3) is 0.533. The Balaban J connectivity index is 1.79. The SMILES string of the molecule is CN1C2COCC1CC(C(=O)c1ccnc(C#N)c1)C2. The number of morpholine rings is 1. The summed E-state index contributed by atoms with van der Waals surface area (Å²) in [6.45, 7) is 1.41. The highest BCUT2D eigenvalue weighted by molar-refractivity contribution is 5.98. The molecule has 0 N–H and O–H groups in total. The number of hydrogen-bond acceptors (Lipinski definition) is 5. The van der Waals surface area contributed by atoms with Crippen LogP contribution < -0.4 is 0 Å². The van der Waals surface area contributed by atoms with Crippen molar-refractivity contribution >= 4 is 5.78 Å². The van der Waals surface area contributed by atoms with Crippen LogP contribution in [0.5, 0.6) is 0 Å². The van der Waals surface area contributed by atoms with Crippen LogP contribution in [-0.2, 0) is 4.74 Å². The van der Waals surface area contributed by atoms with Crippen LogP contribution in [0.15, 0.2) is 18.3 Å². The highest BCUT2D eigenvalue weighted by Gasteiger charge is 2.39. The number of carbonyl (C=O) groups is 1. The van der Waals surface area contributed by atoms with Gasteiger partial charge >= 0.3 is 0 Å². The average molecular weight is 271 g/mol. The minimum Gasteiger partial charge on any atom is -0.378 e. The van der Waals surface area contributed by atoms with E-state index in [0.717, 1.165) is 12.8 Å². The van der Waals surface area contributed by atoms with E-state index in [1.807, 2.05) is 6.07 Å². The van der Waals surface area contributed by atoms with Gasteiger partial charge in [0.2, 0.25) is 0 Å². The van der Waals surface area contributed by atoms with Gasteiger partial charge in [-0.25, -0.2) is 4.98 Å². The monoisotopic (exact) mass is 271 g/mol. The molecule has 1 aromatic heterocycles. The van der Waals surface area contributed by atoms with Gasteiger partial charge in [0.05, 0.1) is 13.2 Å². The first-order chi connectivity index (χ1) is 9.69. The van der Waals surface area contributed by atoms with E-state index in [-0.39, 0.29) is 11.7 Å². The molecule has 5 nitrogen and oxygen atoms in total. The fourth-order valence-corrected chi connectivity index (χ4v) is 3.19. The van der Waals surface area contributed by atoms with Crippen LogP contribution in [-0.4, -0.2) is 48.0 Å². The number of nitrogens with zero attached hydrogens (tertiary/aromatic N) is 3. The molecule has 0 aliphatic carbocycles. The Kier molecular flexibility index (Phi) is 3.51. The maximum absolute atomic E-state index is 12.6. The van der Waals surface area contributed by atoms with Gasteiger partial charge in [0, 0.05) is 29.8 Å². The Morgan fingerprint density at radius 2 is 2.15 bits per heavy atom. The Bertz CT molecular complexity index is 552. The average Bonchev–Trinajstić information content (AvgIpc) is 2.46. The van der Waals surface area contributed by atoms with Crippen molar-refractivity contribution in [1.82, 2.24) is 9.88 Å². The molecule has 2 aliphatic heterocycles. The number of piperidine rings is 1. The molecule has 0 saturated carbocycles. The molecule has 2 atom stereocenters. The number of ketones is 1. The molecule has 2 saturated heterocycles. The molecule has 2 bridgehead atoms. The van der Waals surface area contributed by atoms with Crippen LogP contribution in [0.1, 0.15) is 28.9 Å². The van der Waals surface area contributed by atoms with Crippen molar-refractivity contribution in [2.75, 3.05) is 20.3 Å². The molecule has 1 aromatic rings. The summed E-state index contributed by atoms with van der Waals surface area (Å²) in [6.07, 6.45) is 3.19. The molecule has 0 amide bonds. The van der Waals surface area contributed by atoms with E-state index in [9.17, 15) is 4.79 Å². The van der Waals surface area contributed by atoms with Crippen LogP contribution in [0.4, 0.5) is 0 Å². The number of nitriles is 1. The second kappa shape index (κ2) is 5.31. The second-order valence-corrected chi connectivity index (χ2v) is 5.58. The van der Waals surface area contributed by atoms with Crippen LogP contribution in [0.25, 0.3) is 0 Å². The molecule has 0 radical (unpaired) electrons. The number of likely N-dealkylation sites (N-methyl/N-ethyl adjacent to an activating group) is 1. The van der Waals surface area contributed by atoms with Crippen molar-refractivity contribution < 1.29 is 9.53 Å². The number of ether oxygens (including phenoxy) is 1. The van der Waals surface area contributed by atoms with Crippen molar-refractivity contribution in [2.45, 2.75) is 24.9 Å². The van der Waals surface area contributed by atoms with E-state index in [4.69, 9.17) is 10.00 Å². The lowest BCUT2D eigenvalue weighted by atomic mass is 9.81. The largest absolute Gasteiger partial charge is 0.378 e. The standard InChI is InChI=1S/C15H17N3O2/c1-18-13-5-11(6-14(18)9-20-8-13)15(19)10-2-3-17-12(4-10)7-16/h2-4,11,13-14H,5-6,8-9H2,1H3. The first-order valence-electron chi connectivity index (χ1n) is 6.89. The zero-order chi connectivity index (χ0) is 14.1. The van der Waals surface area contributed by atoms with E-state index in [1.54, 1.807) is 12.1 Å². The first kappa shape index (κ1) is 13.2. The first-order valence-corrected chi connectivity index (χ1v) is 6.89. The van der Waals surface area contributed by atoms with Gasteiger partial charge in [-0.2, -0.15) is 5.26 Å². The highest BCUT2D eigenvalue weighted by atomic mass is 16.5. The molecule has 0 aromatic carbocycles. The van der Waals surface area contributed by atoms with Gasteiger partial charge in [-0.05, 0) is 32.0 Å². The Morgan fingerprint density at radius 3 is 2.80 bits per heavy atom. The molecule has 5 heteroatoms. The van der Waals surface area contributed by atoms with Gasteiger partial charge in [-0.1, -0.05) is 0 Å². The Labute approximate surface area is 118 Å². The molecule has 3 heterocycles. The summed E-state index contributed by atoms with van der Waals surface area (Å²) in [5.41, 5.74) is 0.900. The minimum absolute atomic E-state index is 0.0269. The number of rotatable bonds is 2. The van der Waals surface area contributed by atoms with Crippen molar-refractivity contribution in [3.05, 3.63) is 29.6 Å². The lowest BCUT2D eigenvalue weighted by Crippen LogP contribution is -2.55. The zero-order valence-electron chi connectivity index (χ0n) is 11.5. The van der Waals surface area contributed by atoms with Crippen LogP contribution in [0.3, 0.4) is 0 Å². The predicted octanol–water partition coefficient (Wildman–Crippen LogP) is 1.25. The van der Waals surface area contributed by atoms with E-state index in [1.165, 1.54) is 6.20 Å². The third-order valence-corrected chi connectivity index (χ3v) is 4.42. The highest BCUT2D eigenvalue weighted by Crippen LogP contribution is 2.32. The van der Waals surface area contributed by atoms with E-state index in [0.29, 0.717) is 36.6 Å². The molecule has 2 unspecified atom stereocenters. The number of hydrogen-bond donors (Lipinski definition) is 0. The summed E-state index contributed by atoms with van der Waals surface area (Å²) in [6, 6.07) is 5.93. The summed E-state index contributed by atoms with van der Waals surface area (Å²) < 4.78 is 5.57. The quantitative estimate of drug-likeness (QED) is 0.757. The van der Waals surface area contributed by atoms with Gasteiger partial charge in [-0.15, -0.1) is 0 Å². The molecule has 2 aliphatic rings. The number of carbonyl (C=O) groups excluding carboxylic acids is 1. The lowest BCUT2D eigenvalue weighted by Gasteiger charge is -2.46. The van der Waals surface area contributed by atoms with Gasteiger partial charge in [-0.3, -0.25) is 9.69 Å². The normalized spacial score (nSPS) is 29.7. The summed E-state index contributed by atoms with van der Waals surface area (Å²) in [4.78, 5) is 18.9. The van der Waals surface area contributed by atoms with Gasteiger partial charge in [0.25, 0.3) is 0 Å². The molecule has 3 rings (SSSR count). The second-order valence-electron chi connectivity index (χ2n) is 5.58.